The summed E-state index contributed by atoms with van der Waals surface area (Å²) in [4.78, 5) is 16.8. The van der Waals surface area contributed by atoms with Gasteiger partial charge in [0.15, 0.2) is 11.5 Å². The highest BCUT2D eigenvalue weighted by atomic mass is 16.7. The minimum atomic E-state index is -0.137. The van der Waals surface area contributed by atoms with Crippen LogP contribution in [0.4, 0.5) is 0 Å². The molecule has 1 amide bonds. The highest BCUT2D eigenvalue weighted by Gasteiger charge is 2.15. The summed E-state index contributed by atoms with van der Waals surface area (Å²) in [5.41, 5.74) is 3.43. The Morgan fingerprint density at radius 1 is 1.18 bits per heavy atom. The highest BCUT2D eigenvalue weighted by Crippen LogP contribution is 2.36. The number of benzene rings is 2. The van der Waals surface area contributed by atoms with Gasteiger partial charge in [-0.25, -0.2) is 4.98 Å². The third-order valence-corrected chi connectivity index (χ3v) is 4.60. The van der Waals surface area contributed by atoms with E-state index in [9.17, 15) is 4.79 Å². The summed E-state index contributed by atoms with van der Waals surface area (Å²) < 4.78 is 17.9. The predicted molar refractivity (Wildman–Crippen MR) is 103 cm³/mol. The SMILES string of the molecule is COCCn1cncc1CNC(=O)c1cccc(-c2ccc3c(c2)OCO3)c1. The van der Waals surface area contributed by atoms with Gasteiger partial charge in [-0.1, -0.05) is 18.2 Å². The summed E-state index contributed by atoms with van der Waals surface area (Å²) in [6.07, 6.45) is 3.49. The van der Waals surface area contributed by atoms with E-state index in [-0.39, 0.29) is 12.7 Å². The number of ether oxygens (including phenoxy) is 3. The zero-order valence-corrected chi connectivity index (χ0v) is 15.6. The number of imidazole rings is 1. The van der Waals surface area contributed by atoms with Crippen molar-refractivity contribution in [2.45, 2.75) is 13.1 Å². The molecular formula is C21H21N3O4. The van der Waals surface area contributed by atoms with Crippen LogP contribution in [0.2, 0.25) is 0 Å². The van der Waals surface area contributed by atoms with Gasteiger partial charge in [0.05, 0.1) is 25.2 Å². The van der Waals surface area contributed by atoms with E-state index in [1.54, 1.807) is 25.7 Å². The molecule has 1 aromatic heterocycles. The Labute approximate surface area is 162 Å². The number of rotatable bonds is 7. The molecule has 0 bridgehead atoms. The summed E-state index contributed by atoms with van der Waals surface area (Å²) in [6, 6.07) is 13.3. The summed E-state index contributed by atoms with van der Waals surface area (Å²) in [6.45, 7) is 1.93. The maximum Gasteiger partial charge on any atom is 0.251 e. The van der Waals surface area contributed by atoms with Crippen molar-refractivity contribution < 1.29 is 19.0 Å². The first-order chi connectivity index (χ1) is 13.7. The standard InChI is InChI=1S/C21H21N3O4/c1-26-8-7-24-13-22-11-18(24)12-23-21(25)17-4-2-3-15(9-17)16-5-6-19-20(10-16)28-14-27-19/h2-6,9-11,13H,7-8,12,14H2,1H3,(H,23,25). The van der Waals surface area contributed by atoms with Crippen LogP contribution in [0.5, 0.6) is 11.5 Å². The number of methoxy groups -OCH3 is 1. The normalized spacial score (nSPS) is 12.2. The summed E-state index contributed by atoms with van der Waals surface area (Å²) in [5, 5.41) is 2.95. The molecule has 0 atom stereocenters. The molecule has 0 spiro atoms. The molecule has 3 aromatic rings. The molecule has 7 nitrogen and oxygen atoms in total. The second kappa shape index (κ2) is 8.14. The van der Waals surface area contributed by atoms with E-state index in [1.165, 1.54) is 0 Å². The Balaban J connectivity index is 1.45. The third kappa shape index (κ3) is 3.84. The smallest absolute Gasteiger partial charge is 0.251 e. The van der Waals surface area contributed by atoms with Crippen LogP contribution in [-0.2, 0) is 17.8 Å². The fourth-order valence-corrected chi connectivity index (χ4v) is 3.08. The Kier molecular flexibility index (Phi) is 5.25. The van der Waals surface area contributed by atoms with E-state index in [4.69, 9.17) is 14.2 Å². The van der Waals surface area contributed by atoms with E-state index in [0.29, 0.717) is 25.3 Å². The number of fused-ring (bicyclic) bond motifs is 1. The lowest BCUT2D eigenvalue weighted by atomic mass is 10.0. The molecule has 0 radical (unpaired) electrons. The molecule has 2 heterocycles. The zero-order valence-electron chi connectivity index (χ0n) is 15.6. The Bertz CT molecular complexity index is 983. The second-order valence-electron chi connectivity index (χ2n) is 6.40. The quantitative estimate of drug-likeness (QED) is 0.683. The fourth-order valence-electron chi connectivity index (χ4n) is 3.08. The third-order valence-electron chi connectivity index (χ3n) is 4.60. The Morgan fingerprint density at radius 2 is 2.04 bits per heavy atom. The Hall–Kier alpha value is -3.32. The molecule has 0 unspecified atom stereocenters. The first-order valence-corrected chi connectivity index (χ1v) is 9.01. The van der Waals surface area contributed by atoms with Crippen molar-refractivity contribution in [3.05, 3.63) is 66.2 Å². The minimum absolute atomic E-state index is 0.137. The molecule has 7 heteroatoms. The van der Waals surface area contributed by atoms with Crippen molar-refractivity contribution in [1.29, 1.82) is 0 Å². The summed E-state index contributed by atoms with van der Waals surface area (Å²) >= 11 is 0. The second-order valence-corrected chi connectivity index (χ2v) is 6.40. The summed E-state index contributed by atoms with van der Waals surface area (Å²) in [7, 11) is 1.66. The molecule has 28 heavy (non-hydrogen) atoms. The van der Waals surface area contributed by atoms with Gasteiger partial charge >= 0.3 is 0 Å². The van der Waals surface area contributed by atoms with Crippen LogP contribution in [-0.4, -0.2) is 36.0 Å². The molecule has 0 saturated heterocycles. The van der Waals surface area contributed by atoms with Crippen LogP contribution in [0.15, 0.2) is 55.0 Å². The number of nitrogens with zero attached hydrogens (tertiary/aromatic N) is 2. The molecule has 1 N–H and O–H groups in total. The van der Waals surface area contributed by atoms with Crippen LogP contribution in [0.25, 0.3) is 11.1 Å². The van der Waals surface area contributed by atoms with Crippen molar-refractivity contribution in [1.82, 2.24) is 14.9 Å². The van der Waals surface area contributed by atoms with Crippen molar-refractivity contribution in [2.24, 2.45) is 0 Å². The number of carbonyl (C=O) groups excluding carboxylic acids is 1. The van der Waals surface area contributed by atoms with Gasteiger partial charge in [-0.05, 0) is 35.4 Å². The van der Waals surface area contributed by atoms with Crippen molar-refractivity contribution >= 4 is 5.91 Å². The van der Waals surface area contributed by atoms with E-state index in [2.05, 4.69) is 10.3 Å². The predicted octanol–water partition coefficient (Wildman–Crippen LogP) is 2.86. The first-order valence-electron chi connectivity index (χ1n) is 9.01. The van der Waals surface area contributed by atoms with Gasteiger partial charge in [0.25, 0.3) is 5.91 Å². The van der Waals surface area contributed by atoms with E-state index >= 15 is 0 Å². The van der Waals surface area contributed by atoms with Crippen LogP contribution in [0.3, 0.4) is 0 Å². The number of hydrogen-bond acceptors (Lipinski definition) is 5. The molecule has 0 saturated carbocycles. The van der Waals surface area contributed by atoms with E-state index < -0.39 is 0 Å². The molecule has 0 fully saturated rings. The molecule has 2 aromatic carbocycles. The lowest BCUT2D eigenvalue weighted by molar-refractivity contribution is 0.0950. The van der Waals surface area contributed by atoms with Crippen LogP contribution in [0, 0.1) is 0 Å². The number of amides is 1. The largest absolute Gasteiger partial charge is 0.454 e. The van der Waals surface area contributed by atoms with Gasteiger partial charge in [-0.2, -0.15) is 0 Å². The van der Waals surface area contributed by atoms with Crippen molar-refractivity contribution in [2.75, 3.05) is 20.5 Å². The monoisotopic (exact) mass is 379 g/mol. The fraction of sp³-hybridized carbons (Fsp3) is 0.238. The van der Waals surface area contributed by atoms with Gasteiger partial charge in [0, 0.05) is 25.4 Å². The Morgan fingerprint density at radius 3 is 2.93 bits per heavy atom. The van der Waals surface area contributed by atoms with E-state index in [1.807, 2.05) is 41.0 Å². The highest BCUT2D eigenvalue weighted by molar-refractivity contribution is 5.95. The van der Waals surface area contributed by atoms with Gasteiger partial charge < -0.3 is 24.1 Å². The maximum absolute atomic E-state index is 12.6. The molecule has 144 valence electrons. The van der Waals surface area contributed by atoms with Gasteiger partial charge in [0.2, 0.25) is 6.79 Å². The van der Waals surface area contributed by atoms with Gasteiger partial charge in [-0.15, -0.1) is 0 Å². The minimum Gasteiger partial charge on any atom is -0.454 e. The molecule has 0 aliphatic carbocycles. The molecule has 1 aliphatic rings. The average Bonchev–Trinajstić information content (AvgIpc) is 3.39. The lowest BCUT2D eigenvalue weighted by Gasteiger charge is -2.10. The molecule has 4 rings (SSSR count). The average molecular weight is 379 g/mol. The lowest BCUT2D eigenvalue weighted by Crippen LogP contribution is -2.24. The van der Waals surface area contributed by atoms with Gasteiger partial charge in [0.1, 0.15) is 0 Å². The van der Waals surface area contributed by atoms with Crippen molar-refractivity contribution in [3.8, 4) is 22.6 Å². The maximum atomic E-state index is 12.6. The van der Waals surface area contributed by atoms with Crippen LogP contribution >= 0.6 is 0 Å². The van der Waals surface area contributed by atoms with Crippen molar-refractivity contribution in [3.63, 3.8) is 0 Å². The topological polar surface area (TPSA) is 74.6 Å². The number of aromatic nitrogens is 2. The van der Waals surface area contributed by atoms with Gasteiger partial charge in [-0.3, -0.25) is 4.79 Å². The summed E-state index contributed by atoms with van der Waals surface area (Å²) in [5.74, 6) is 1.32. The molecule has 1 aliphatic heterocycles. The first kappa shape index (κ1) is 18.1. The van der Waals surface area contributed by atoms with E-state index in [0.717, 1.165) is 28.3 Å². The van der Waals surface area contributed by atoms with Crippen LogP contribution < -0.4 is 14.8 Å². The van der Waals surface area contributed by atoms with Crippen LogP contribution in [0.1, 0.15) is 16.1 Å². The number of nitrogens with one attached hydrogen (secondary N) is 1. The number of hydrogen-bond donors (Lipinski definition) is 1. The number of carbonyl (C=O) groups is 1. The molecular weight excluding hydrogens is 358 g/mol. The zero-order chi connectivity index (χ0) is 19.3.